The Morgan fingerprint density at radius 1 is 1.21 bits per heavy atom. The molecule has 0 aliphatic carbocycles. The second-order valence-electron chi connectivity index (χ2n) is 3.23. The predicted molar refractivity (Wildman–Crippen MR) is 61.7 cm³/mol. The molecule has 1 aromatic carbocycles. The van der Waals surface area contributed by atoms with Gasteiger partial charge in [-0.1, -0.05) is 29.8 Å². The van der Waals surface area contributed by atoms with Gasteiger partial charge in [-0.05, 0) is 44.1 Å². The normalized spacial score (nSPS) is 10.4. The number of halogens is 1. The molecule has 0 bridgehead atoms. The van der Waals surface area contributed by atoms with Gasteiger partial charge >= 0.3 is 0 Å². The summed E-state index contributed by atoms with van der Waals surface area (Å²) in [4.78, 5) is 0. The average molecular weight is 213 g/mol. The number of hydrogen-bond acceptors (Lipinski definition) is 2. The number of benzene rings is 1. The van der Waals surface area contributed by atoms with Crippen LogP contribution in [0.5, 0.6) is 0 Å². The minimum Gasteiger partial charge on any atom is -0.330 e. The van der Waals surface area contributed by atoms with Gasteiger partial charge in [-0.15, -0.1) is 0 Å². The van der Waals surface area contributed by atoms with E-state index < -0.39 is 0 Å². The van der Waals surface area contributed by atoms with Crippen molar-refractivity contribution in [3.63, 3.8) is 0 Å². The highest BCUT2D eigenvalue weighted by Gasteiger charge is 1.97. The first-order chi connectivity index (χ1) is 6.84. The lowest BCUT2D eigenvalue weighted by molar-refractivity contribution is 0.653. The molecule has 78 valence electrons. The van der Waals surface area contributed by atoms with Gasteiger partial charge in [0.1, 0.15) is 0 Å². The number of nitrogens with two attached hydrogens (primary N) is 1. The molecule has 1 aromatic rings. The van der Waals surface area contributed by atoms with Crippen LogP contribution in [0.1, 0.15) is 12.0 Å². The molecular formula is C11H17ClN2. The third kappa shape index (κ3) is 4.09. The number of hydrogen-bond donors (Lipinski definition) is 2. The molecule has 3 heteroatoms. The molecule has 0 saturated heterocycles. The average Bonchev–Trinajstić information content (AvgIpc) is 2.20. The fourth-order valence-electron chi connectivity index (χ4n) is 1.28. The molecule has 0 heterocycles. The lowest BCUT2D eigenvalue weighted by Crippen LogP contribution is -2.20. The van der Waals surface area contributed by atoms with Crippen molar-refractivity contribution in [2.24, 2.45) is 5.73 Å². The fraction of sp³-hybridized carbons (Fsp3) is 0.455. The Bertz CT molecular complexity index is 263. The zero-order valence-electron chi connectivity index (χ0n) is 8.30. The van der Waals surface area contributed by atoms with Crippen LogP contribution in [0, 0.1) is 0 Å². The van der Waals surface area contributed by atoms with Crippen molar-refractivity contribution in [3.05, 3.63) is 34.9 Å². The van der Waals surface area contributed by atoms with Crippen LogP contribution in [-0.4, -0.2) is 19.6 Å². The molecule has 0 radical (unpaired) electrons. The summed E-state index contributed by atoms with van der Waals surface area (Å²) >= 11 is 6.02. The van der Waals surface area contributed by atoms with Gasteiger partial charge in [-0.2, -0.15) is 0 Å². The first-order valence-corrected chi connectivity index (χ1v) is 5.36. The summed E-state index contributed by atoms with van der Waals surface area (Å²) in [6.07, 6.45) is 2.01. The second-order valence-corrected chi connectivity index (χ2v) is 3.64. The monoisotopic (exact) mass is 212 g/mol. The van der Waals surface area contributed by atoms with Crippen LogP contribution in [0.4, 0.5) is 0 Å². The van der Waals surface area contributed by atoms with E-state index in [0.29, 0.717) is 0 Å². The van der Waals surface area contributed by atoms with E-state index >= 15 is 0 Å². The largest absolute Gasteiger partial charge is 0.330 e. The summed E-state index contributed by atoms with van der Waals surface area (Å²) in [5.74, 6) is 0. The lowest BCUT2D eigenvalue weighted by Gasteiger charge is -2.05. The first-order valence-electron chi connectivity index (χ1n) is 4.99. The van der Waals surface area contributed by atoms with Gasteiger partial charge in [0.25, 0.3) is 0 Å². The van der Waals surface area contributed by atoms with E-state index in [1.165, 1.54) is 5.56 Å². The maximum absolute atomic E-state index is 6.02. The maximum Gasteiger partial charge on any atom is 0.0438 e. The van der Waals surface area contributed by atoms with Gasteiger partial charge in [-0.3, -0.25) is 0 Å². The van der Waals surface area contributed by atoms with Crippen LogP contribution < -0.4 is 11.1 Å². The summed E-state index contributed by atoms with van der Waals surface area (Å²) in [7, 11) is 0. The molecule has 3 N–H and O–H groups in total. The second kappa shape index (κ2) is 6.82. The molecular weight excluding hydrogens is 196 g/mol. The summed E-state index contributed by atoms with van der Waals surface area (Å²) < 4.78 is 0. The Labute approximate surface area is 90.4 Å². The van der Waals surface area contributed by atoms with Crippen LogP contribution >= 0.6 is 11.6 Å². The predicted octanol–water partition coefficient (Wildman–Crippen LogP) is 1.82. The Morgan fingerprint density at radius 2 is 2.00 bits per heavy atom. The third-order valence-corrected chi connectivity index (χ3v) is 2.46. The smallest absolute Gasteiger partial charge is 0.0438 e. The molecule has 0 aliphatic rings. The molecule has 0 aliphatic heterocycles. The van der Waals surface area contributed by atoms with E-state index in [4.69, 9.17) is 17.3 Å². The minimum absolute atomic E-state index is 0.749. The molecule has 0 unspecified atom stereocenters. The SMILES string of the molecule is NCCCNCCc1ccccc1Cl. The summed E-state index contributed by atoms with van der Waals surface area (Å²) in [5.41, 5.74) is 6.59. The highest BCUT2D eigenvalue weighted by Crippen LogP contribution is 2.14. The number of nitrogens with one attached hydrogen (secondary N) is 1. The van der Waals surface area contributed by atoms with Gasteiger partial charge in [0.15, 0.2) is 0 Å². The van der Waals surface area contributed by atoms with Crippen molar-refractivity contribution in [2.75, 3.05) is 19.6 Å². The lowest BCUT2D eigenvalue weighted by atomic mass is 10.1. The summed E-state index contributed by atoms with van der Waals surface area (Å²) in [6.45, 7) is 2.70. The Balaban J connectivity index is 2.21. The van der Waals surface area contributed by atoms with Crippen molar-refractivity contribution in [1.29, 1.82) is 0 Å². The van der Waals surface area contributed by atoms with Crippen LogP contribution in [0.15, 0.2) is 24.3 Å². The molecule has 0 amide bonds. The van der Waals surface area contributed by atoms with Crippen molar-refractivity contribution in [2.45, 2.75) is 12.8 Å². The fourth-order valence-corrected chi connectivity index (χ4v) is 1.51. The van der Waals surface area contributed by atoms with E-state index in [0.717, 1.165) is 37.5 Å². The van der Waals surface area contributed by atoms with Gasteiger partial charge in [0.2, 0.25) is 0 Å². The van der Waals surface area contributed by atoms with E-state index in [1.54, 1.807) is 0 Å². The summed E-state index contributed by atoms with van der Waals surface area (Å²) in [6, 6.07) is 7.96. The third-order valence-electron chi connectivity index (χ3n) is 2.09. The highest BCUT2D eigenvalue weighted by molar-refractivity contribution is 6.31. The highest BCUT2D eigenvalue weighted by atomic mass is 35.5. The Hall–Kier alpha value is -0.570. The van der Waals surface area contributed by atoms with Crippen LogP contribution in [0.25, 0.3) is 0 Å². The minimum atomic E-state index is 0.749. The number of rotatable bonds is 6. The standard InChI is InChI=1S/C11H17ClN2/c12-11-5-2-1-4-10(11)6-9-14-8-3-7-13/h1-2,4-5,14H,3,6-9,13H2. The molecule has 14 heavy (non-hydrogen) atoms. The van der Waals surface area contributed by atoms with Crippen molar-refractivity contribution in [1.82, 2.24) is 5.32 Å². The molecule has 2 nitrogen and oxygen atoms in total. The molecule has 0 fully saturated rings. The van der Waals surface area contributed by atoms with Gasteiger partial charge in [0.05, 0.1) is 0 Å². The van der Waals surface area contributed by atoms with Crippen LogP contribution in [0.3, 0.4) is 0 Å². The van der Waals surface area contributed by atoms with Crippen molar-refractivity contribution in [3.8, 4) is 0 Å². The van der Waals surface area contributed by atoms with Crippen LogP contribution in [-0.2, 0) is 6.42 Å². The van der Waals surface area contributed by atoms with Gasteiger partial charge in [-0.25, -0.2) is 0 Å². The van der Waals surface area contributed by atoms with E-state index in [1.807, 2.05) is 18.2 Å². The summed E-state index contributed by atoms with van der Waals surface area (Å²) in [5, 5.41) is 4.18. The van der Waals surface area contributed by atoms with Crippen molar-refractivity contribution >= 4 is 11.6 Å². The van der Waals surface area contributed by atoms with Gasteiger partial charge in [0, 0.05) is 5.02 Å². The van der Waals surface area contributed by atoms with Crippen LogP contribution in [0.2, 0.25) is 5.02 Å². The van der Waals surface area contributed by atoms with Gasteiger partial charge < -0.3 is 11.1 Å². The molecule has 0 spiro atoms. The molecule has 0 saturated carbocycles. The van der Waals surface area contributed by atoms with E-state index in [-0.39, 0.29) is 0 Å². The first kappa shape index (κ1) is 11.5. The molecule has 0 aromatic heterocycles. The topological polar surface area (TPSA) is 38.0 Å². The Kier molecular flexibility index (Phi) is 5.60. The quantitative estimate of drug-likeness (QED) is 0.707. The Morgan fingerprint density at radius 3 is 2.71 bits per heavy atom. The zero-order valence-corrected chi connectivity index (χ0v) is 9.06. The van der Waals surface area contributed by atoms with E-state index in [2.05, 4.69) is 11.4 Å². The zero-order chi connectivity index (χ0) is 10.2. The van der Waals surface area contributed by atoms with Crippen molar-refractivity contribution < 1.29 is 0 Å². The van der Waals surface area contributed by atoms with E-state index in [9.17, 15) is 0 Å². The maximum atomic E-state index is 6.02. The molecule has 0 atom stereocenters. The molecule has 1 rings (SSSR count).